The average molecular weight is 363 g/mol. The normalized spacial score (nSPS) is 14.3. The lowest BCUT2D eigenvalue weighted by Gasteiger charge is -2.17. The van der Waals surface area contributed by atoms with E-state index >= 15 is 0 Å². The van der Waals surface area contributed by atoms with Gasteiger partial charge in [0, 0.05) is 25.6 Å². The van der Waals surface area contributed by atoms with Gasteiger partial charge in [0.25, 0.3) is 5.91 Å². The Morgan fingerprint density at radius 2 is 2.04 bits per heavy atom. The molecule has 0 atom stereocenters. The van der Waals surface area contributed by atoms with Crippen molar-refractivity contribution >= 4 is 15.9 Å². The summed E-state index contributed by atoms with van der Waals surface area (Å²) >= 11 is 0. The van der Waals surface area contributed by atoms with E-state index in [0.717, 1.165) is 12.8 Å². The number of carbonyl (C=O) groups excluding carboxylic acids is 1. The number of hydrogen-bond acceptors (Lipinski definition) is 5. The molecular weight excluding hydrogens is 342 g/mol. The second kappa shape index (κ2) is 8.14. The van der Waals surface area contributed by atoms with Gasteiger partial charge in [0.15, 0.2) is 0 Å². The number of nitriles is 1. The predicted octanol–water partition coefficient (Wildman–Crippen LogP) is 1.99. The second-order valence-electron chi connectivity index (χ2n) is 5.68. The highest BCUT2D eigenvalue weighted by Crippen LogP contribution is 2.18. The molecule has 1 aliphatic rings. The number of nitrogens with one attached hydrogen (secondary N) is 1. The van der Waals surface area contributed by atoms with E-state index in [-0.39, 0.29) is 16.3 Å². The van der Waals surface area contributed by atoms with Gasteiger partial charge in [-0.2, -0.15) is 5.26 Å². The Hall–Kier alpha value is -2.37. The summed E-state index contributed by atoms with van der Waals surface area (Å²) in [5.41, 5.74) is 0.681. The molecule has 8 heteroatoms. The number of unbranched alkanes of at least 4 members (excludes halogenated alkanes) is 1. The number of carbonyl (C=O) groups is 1. The Kier molecular flexibility index (Phi) is 6.17. The first-order chi connectivity index (χ1) is 11.9. The SMILES string of the molecule is CCCCN(C)S(=O)(=O)c1ccc(C(=O)NC2=C(C#N)CCO2)cc1. The Bertz CT molecular complexity index is 807. The van der Waals surface area contributed by atoms with E-state index in [9.17, 15) is 13.2 Å². The summed E-state index contributed by atoms with van der Waals surface area (Å²) in [5.74, 6) is -0.281. The molecule has 0 saturated carbocycles. The summed E-state index contributed by atoms with van der Waals surface area (Å²) in [7, 11) is -2.02. The third-order valence-electron chi connectivity index (χ3n) is 3.89. The summed E-state index contributed by atoms with van der Waals surface area (Å²) in [5, 5.41) is 11.5. The molecule has 0 radical (unpaired) electrons. The van der Waals surface area contributed by atoms with Crippen LogP contribution in [0.5, 0.6) is 0 Å². The van der Waals surface area contributed by atoms with Crippen LogP contribution in [0, 0.1) is 11.3 Å². The smallest absolute Gasteiger partial charge is 0.257 e. The van der Waals surface area contributed by atoms with Gasteiger partial charge in [-0.3, -0.25) is 10.1 Å². The van der Waals surface area contributed by atoms with E-state index in [2.05, 4.69) is 5.32 Å². The Morgan fingerprint density at radius 3 is 2.64 bits per heavy atom. The van der Waals surface area contributed by atoms with E-state index < -0.39 is 15.9 Å². The van der Waals surface area contributed by atoms with Crippen LogP contribution in [0.15, 0.2) is 40.6 Å². The van der Waals surface area contributed by atoms with Gasteiger partial charge < -0.3 is 4.74 Å². The van der Waals surface area contributed by atoms with E-state index in [4.69, 9.17) is 10.00 Å². The van der Waals surface area contributed by atoms with Gasteiger partial charge in [-0.15, -0.1) is 0 Å². The number of rotatable bonds is 7. The maximum absolute atomic E-state index is 12.4. The highest BCUT2D eigenvalue weighted by molar-refractivity contribution is 7.89. The van der Waals surface area contributed by atoms with Crippen LogP contribution in [0.1, 0.15) is 36.5 Å². The van der Waals surface area contributed by atoms with Crippen LogP contribution in [0.4, 0.5) is 0 Å². The Balaban J connectivity index is 2.12. The highest BCUT2D eigenvalue weighted by atomic mass is 32.2. The molecule has 0 aromatic heterocycles. The molecule has 2 rings (SSSR count). The third kappa shape index (κ3) is 4.38. The minimum Gasteiger partial charge on any atom is -0.478 e. The first kappa shape index (κ1) is 19.0. The fourth-order valence-electron chi connectivity index (χ4n) is 2.31. The van der Waals surface area contributed by atoms with E-state index in [1.54, 1.807) is 7.05 Å². The largest absolute Gasteiger partial charge is 0.478 e. The van der Waals surface area contributed by atoms with Crippen molar-refractivity contribution in [1.29, 1.82) is 5.26 Å². The van der Waals surface area contributed by atoms with Crippen LogP contribution in [-0.4, -0.2) is 38.8 Å². The molecule has 134 valence electrons. The molecule has 0 spiro atoms. The molecule has 1 N–H and O–H groups in total. The molecule has 0 bridgehead atoms. The van der Waals surface area contributed by atoms with Crippen molar-refractivity contribution in [2.24, 2.45) is 0 Å². The first-order valence-electron chi connectivity index (χ1n) is 8.04. The number of nitrogens with zero attached hydrogens (tertiary/aromatic N) is 2. The minimum atomic E-state index is -3.56. The molecule has 1 aromatic carbocycles. The van der Waals surface area contributed by atoms with Crippen molar-refractivity contribution in [3.63, 3.8) is 0 Å². The second-order valence-corrected chi connectivity index (χ2v) is 7.72. The van der Waals surface area contributed by atoms with Crippen LogP contribution in [0.2, 0.25) is 0 Å². The van der Waals surface area contributed by atoms with Crippen LogP contribution in [0.25, 0.3) is 0 Å². The van der Waals surface area contributed by atoms with Crippen molar-refractivity contribution in [3.8, 4) is 6.07 Å². The third-order valence-corrected chi connectivity index (χ3v) is 5.76. The standard InChI is InChI=1S/C17H21N3O4S/c1-3-4-10-20(2)25(22,23)15-7-5-13(6-8-15)16(21)19-17-14(12-18)9-11-24-17/h5-8H,3-4,9-11H2,1-2H3,(H,19,21). The van der Waals surface area contributed by atoms with E-state index in [1.807, 2.05) is 13.0 Å². The minimum absolute atomic E-state index is 0.136. The zero-order valence-electron chi connectivity index (χ0n) is 14.3. The zero-order valence-corrected chi connectivity index (χ0v) is 15.1. The number of hydrogen-bond donors (Lipinski definition) is 1. The molecule has 1 aliphatic heterocycles. The van der Waals surface area contributed by atoms with Crippen molar-refractivity contribution in [3.05, 3.63) is 41.3 Å². The molecule has 0 aliphatic carbocycles. The molecular formula is C17H21N3O4S. The molecule has 1 amide bonds. The summed E-state index contributed by atoms with van der Waals surface area (Å²) in [6.45, 7) is 2.80. The topological polar surface area (TPSA) is 99.5 Å². The number of amides is 1. The molecule has 0 unspecified atom stereocenters. The van der Waals surface area contributed by atoms with Crippen molar-refractivity contribution in [2.45, 2.75) is 31.1 Å². The molecule has 1 heterocycles. The first-order valence-corrected chi connectivity index (χ1v) is 9.48. The van der Waals surface area contributed by atoms with Gasteiger partial charge in [0.1, 0.15) is 6.07 Å². The number of benzene rings is 1. The van der Waals surface area contributed by atoms with Crippen LogP contribution >= 0.6 is 0 Å². The summed E-state index contributed by atoms with van der Waals surface area (Å²) in [4.78, 5) is 12.3. The molecule has 0 fully saturated rings. The monoisotopic (exact) mass is 363 g/mol. The Morgan fingerprint density at radius 1 is 1.36 bits per heavy atom. The fourth-order valence-corrected chi connectivity index (χ4v) is 3.52. The summed E-state index contributed by atoms with van der Waals surface area (Å²) in [6, 6.07) is 7.68. The highest BCUT2D eigenvalue weighted by Gasteiger charge is 2.22. The van der Waals surface area contributed by atoms with Crippen molar-refractivity contribution < 1.29 is 17.9 Å². The Labute approximate surface area is 147 Å². The molecule has 25 heavy (non-hydrogen) atoms. The van der Waals surface area contributed by atoms with Gasteiger partial charge in [0.2, 0.25) is 15.9 Å². The predicted molar refractivity (Wildman–Crippen MR) is 91.8 cm³/mol. The maximum Gasteiger partial charge on any atom is 0.257 e. The van der Waals surface area contributed by atoms with Gasteiger partial charge in [-0.25, -0.2) is 12.7 Å². The van der Waals surface area contributed by atoms with Gasteiger partial charge in [-0.1, -0.05) is 13.3 Å². The van der Waals surface area contributed by atoms with Gasteiger partial charge in [-0.05, 0) is 30.7 Å². The summed E-state index contributed by atoms with van der Waals surface area (Å²) in [6.07, 6.45) is 2.15. The lowest BCUT2D eigenvalue weighted by molar-refractivity contribution is 0.0930. The number of sulfonamides is 1. The maximum atomic E-state index is 12.4. The molecule has 1 aromatic rings. The van der Waals surface area contributed by atoms with Crippen LogP contribution in [-0.2, 0) is 14.8 Å². The van der Waals surface area contributed by atoms with Gasteiger partial charge >= 0.3 is 0 Å². The van der Waals surface area contributed by atoms with E-state index in [1.165, 1.54) is 28.6 Å². The van der Waals surface area contributed by atoms with Crippen molar-refractivity contribution in [1.82, 2.24) is 9.62 Å². The quantitative estimate of drug-likeness (QED) is 0.799. The number of ether oxygens (including phenoxy) is 1. The molecule has 0 saturated heterocycles. The lowest BCUT2D eigenvalue weighted by Crippen LogP contribution is -2.28. The van der Waals surface area contributed by atoms with Crippen molar-refractivity contribution in [2.75, 3.05) is 20.2 Å². The molecule has 7 nitrogen and oxygen atoms in total. The lowest BCUT2D eigenvalue weighted by atomic mass is 10.2. The van der Waals surface area contributed by atoms with Gasteiger partial charge in [0.05, 0.1) is 17.1 Å². The van der Waals surface area contributed by atoms with E-state index in [0.29, 0.717) is 25.1 Å². The van der Waals surface area contributed by atoms with Crippen LogP contribution in [0.3, 0.4) is 0 Å². The fraction of sp³-hybridized carbons (Fsp3) is 0.412. The van der Waals surface area contributed by atoms with Crippen LogP contribution < -0.4 is 5.32 Å². The average Bonchev–Trinajstić information content (AvgIpc) is 3.06. The zero-order chi connectivity index (χ0) is 18.4. The summed E-state index contributed by atoms with van der Waals surface area (Å²) < 4.78 is 31.4.